The third kappa shape index (κ3) is 4.93. The summed E-state index contributed by atoms with van der Waals surface area (Å²) in [7, 11) is 0. The monoisotopic (exact) mass is 374 g/mol. The molecule has 0 spiro atoms. The number of esters is 1. The minimum Gasteiger partial charge on any atom is -0.454 e. The Bertz CT molecular complexity index is 694. The van der Waals surface area contributed by atoms with Gasteiger partial charge in [0.15, 0.2) is 6.61 Å². The summed E-state index contributed by atoms with van der Waals surface area (Å²) in [5, 5.41) is 2.66. The van der Waals surface area contributed by atoms with E-state index in [1.807, 2.05) is 20.8 Å². The molecule has 0 aromatic heterocycles. The van der Waals surface area contributed by atoms with Gasteiger partial charge in [-0.1, -0.05) is 39.3 Å². The van der Waals surface area contributed by atoms with Gasteiger partial charge in [-0.2, -0.15) is 0 Å². The third-order valence-electron chi connectivity index (χ3n) is 4.30. The first-order valence-electron chi connectivity index (χ1n) is 9.27. The fraction of sp³-hybridized carbons (Fsp3) is 0.500. The number of unbranched alkanes of at least 4 members (excludes halogenated alkanes) is 1. The molecule has 0 bridgehead atoms. The lowest BCUT2D eigenvalue weighted by atomic mass is 10.0. The first-order valence-corrected chi connectivity index (χ1v) is 9.27. The number of carbonyl (C=O) groups is 4. The molecule has 1 aromatic carbocycles. The van der Waals surface area contributed by atoms with Gasteiger partial charge in [-0.05, 0) is 30.9 Å². The van der Waals surface area contributed by atoms with Gasteiger partial charge in [-0.3, -0.25) is 19.3 Å². The SMILES string of the molecule is CCCCNC(=O)COC(=O)C(CC(C)C)N1C(=O)c2ccccc2C1=O. The van der Waals surface area contributed by atoms with Crippen molar-refractivity contribution in [2.75, 3.05) is 13.2 Å². The first kappa shape index (κ1) is 20.6. The lowest BCUT2D eigenvalue weighted by molar-refractivity contribution is -0.152. The molecule has 1 atom stereocenters. The number of rotatable bonds is 9. The number of carbonyl (C=O) groups excluding carboxylic acids is 4. The van der Waals surface area contributed by atoms with Crippen molar-refractivity contribution < 1.29 is 23.9 Å². The number of benzene rings is 1. The van der Waals surface area contributed by atoms with Crippen molar-refractivity contribution >= 4 is 23.7 Å². The Balaban J connectivity index is 2.09. The molecule has 1 heterocycles. The average molecular weight is 374 g/mol. The molecule has 0 aliphatic carbocycles. The fourth-order valence-corrected chi connectivity index (χ4v) is 2.93. The van der Waals surface area contributed by atoms with Crippen LogP contribution in [-0.4, -0.2) is 47.8 Å². The van der Waals surface area contributed by atoms with E-state index in [9.17, 15) is 19.2 Å². The van der Waals surface area contributed by atoms with Crippen molar-refractivity contribution in [1.29, 1.82) is 0 Å². The van der Waals surface area contributed by atoms with Crippen LogP contribution in [0.5, 0.6) is 0 Å². The highest BCUT2D eigenvalue weighted by Crippen LogP contribution is 2.27. The van der Waals surface area contributed by atoms with Gasteiger partial charge >= 0.3 is 5.97 Å². The third-order valence-corrected chi connectivity index (χ3v) is 4.30. The van der Waals surface area contributed by atoms with E-state index in [0.717, 1.165) is 17.7 Å². The maximum absolute atomic E-state index is 12.7. The number of nitrogens with zero attached hydrogens (tertiary/aromatic N) is 1. The van der Waals surface area contributed by atoms with Crippen LogP contribution in [-0.2, 0) is 14.3 Å². The molecule has 0 fully saturated rings. The Hall–Kier alpha value is -2.70. The maximum Gasteiger partial charge on any atom is 0.329 e. The number of nitrogens with one attached hydrogen (secondary N) is 1. The van der Waals surface area contributed by atoms with Crippen LogP contribution in [0.3, 0.4) is 0 Å². The second kappa shape index (κ2) is 9.30. The van der Waals surface area contributed by atoms with E-state index >= 15 is 0 Å². The minimum atomic E-state index is -1.05. The predicted molar refractivity (Wildman–Crippen MR) is 99.1 cm³/mol. The van der Waals surface area contributed by atoms with Crippen LogP contribution >= 0.6 is 0 Å². The lowest BCUT2D eigenvalue weighted by Crippen LogP contribution is -2.47. The molecule has 0 saturated carbocycles. The Morgan fingerprint density at radius 2 is 1.70 bits per heavy atom. The van der Waals surface area contributed by atoms with Gasteiger partial charge in [0.05, 0.1) is 11.1 Å². The number of amides is 3. The van der Waals surface area contributed by atoms with Crippen molar-refractivity contribution in [2.45, 2.75) is 46.1 Å². The molecule has 7 nitrogen and oxygen atoms in total. The van der Waals surface area contributed by atoms with E-state index < -0.39 is 36.3 Å². The molecule has 3 amide bonds. The molecule has 1 N–H and O–H groups in total. The van der Waals surface area contributed by atoms with Crippen LogP contribution in [0.15, 0.2) is 24.3 Å². The number of ether oxygens (including phenoxy) is 1. The largest absolute Gasteiger partial charge is 0.454 e. The molecule has 1 unspecified atom stereocenters. The van der Waals surface area contributed by atoms with E-state index in [4.69, 9.17) is 4.74 Å². The second-order valence-electron chi connectivity index (χ2n) is 6.98. The van der Waals surface area contributed by atoms with Crippen LogP contribution in [0.1, 0.15) is 60.7 Å². The van der Waals surface area contributed by atoms with Gasteiger partial charge in [-0.25, -0.2) is 4.79 Å². The fourth-order valence-electron chi connectivity index (χ4n) is 2.93. The van der Waals surface area contributed by atoms with Crippen molar-refractivity contribution in [3.8, 4) is 0 Å². The number of fused-ring (bicyclic) bond motifs is 1. The molecule has 146 valence electrons. The van der Waals surface area contributed by atoms with Gasteiger partial charge in [0.1, 0.15) is 6.04 Å². The molecule has 1 aliphatic heterocycles. The number of imide groups is 1. The minimum absolute atomic E-state index is 0.0465. The van der Waals surface area contributed by atoms with Crippen LogP contribution in [0.2, 0.25) is 0 Å². The molecule has 1 aliphatic rings. The molecule has 0 radical (unpaired) electrons. The van der Waals surface area contributed by atoms with Crippen LogP contribution in [0.25, 0.3) is 0 Å². The van der Waals surface area contributed by atoms with Gasteiger partial charge in [0.25, 0.3) is 17.7 Å². The summed E-state index contributed by atoms with van der Waals surface area (Å²) < 4.78 is 5.11. The van der Waals surface area contributed by atoms with E-state index in [1.165, 1.54) is 0 Å². The van der Waals surface area contributed by atoms with Crippen molar-refractivity contribution in [2.24, 2.45) is 5.92 Å². The van der Waals surface area contributed by atoms with E-state index in [2.05, 4.69) is 5.32 Å². The van der Waals surface area contributed by atoms with E-state index in [-0.39, 0.29) is 23.5 Å². The zero-order valence-corrected chi connectivity index (χ0v) is 16.0. The molecule has 27 heavy (non-hydrogen) atoms. The molecule has 7 heteroatoms. The van der Waals surface area contributed by atoms with E-state index in [0.29, 0.717) is 6.54 Å². The van der Waals surface area contributed by atoms with Gasteiger partial charge in [-0.15, -0.1) is 0 Å². The molecule has 0 saturated heterocycles. The predicted octanol–water partition coefficient (Wildman–Crippen LogP) is 2.16. The summed E-state index contributed by atoms with van der Waals surface area (Å²) in [5.41, 5.74) is 0.558. The summed E-state index contributed by atoms with van der Waals surface area (Å²) in [4.78, 5) is 50.6. The maximum atomic E-state index is 12.7. The van der Waals surface area contributed by atoms with E-state index in [1.54, 1.807) is 24.3 Å². The quantitative estimate of drug-likeness (QED) is 0.406. The summed E-state index contributed by atoms with van der Waals surface area (Å²) in [6.07, 6.45) is 2.04. The van der Waals surface area contributed by atoms with Crippen LogP contribution in [0.4, 0.5) is 0 Å². The summed E-state index contributed by atoms with van der Waals surface area (Å²) in [6, 6.07) is 5.41. The highest BCUT2D eigenvalue weighted by atomic mass is 16.5. The van der Waals surface area contributed by atoms with Gasteiger partial charge < -0.3 is 10.1 Å². The van der Waals surface area contributed by atoms with Crippen molar-refractivity contribution in [3.05, 3.63) is 35.4 Å². The molecular weight excluding hydrogens is 348 g/mol. The molecule has 2 rings (SSSR count). The normalized spacial score (nSPS) is 14.3. The zero-order chi connectivity index (χ0) is 20.0. The average Bonchev–Trinajstić information content (AvgIpc) is 2.89. The Kier molecular flexibility index (Phi) is 7.10. The summed E-state index contributed by atoms with van der Waals surface area (Å²) in [5.74, 6) is -2.12. The molecule has 1 aromatic rings. The topological polar surface area (TPSA) is 92.8 Å². The lowest BCUT2D eigenvalue weighted by Gasteiger charge is -2.25. The number of hydrogen-bond donors (Lipinski definition) is 1. The number of hydrogen-bond acceptors (Lipinski definition) is 5. The smallest absolute Gasteiger partial charge is 0.329 e. The Morgan fingerprint density at radius 3 is 2.22 bits per heavy atom. The first-order chi connectivity index (χ1) is 12.9. The Morgan fingerprint density at radius 1 is 1.11 bits per heavy atom. The van der Waals surface area contributed by atoms with Crippen molar-refractivity contribution in [1.82, 2.24) is 10.2 Å². The van der Waals surface area contributed by atoms with Crippen molar-refractivity contribution in [3.63, 3.8) is 0 Å². The Labute approximate surface area is 159 Å². The molecular formula is C20H26N2O5. The summed E-state index contributed by atoms with van der Waals surface area (Å²) in [6.45, 7) is 5.86. The standard InChI is InChI=1S/C20H26N2O5/c1-4-5-10-21-17(23)12-27-20(26)16(11-13(2)3)22-18(24)14-8-6-7-9-15(14)19(22)25/h6-9,13,16H,4-5,10-12H2,1-3H3,(H,21,23). The van der Waals surface area contributed by atoms with Crippen LogP contribution < -0.4 is 5.32 Å². The van der Waals surface area contributed by atoms with Gasteiger partial charge in [0, 0.05) is 6.54 Å². The zero-order valence-electron chi connectivity index (χ0n) is 16.0. The van der Waals surface area contributed by atoms with Crippen LogP contribution in [0, 0.1) is 5.92 Å². The van der Waals surface area contributed by atoms with Gasteiger partial charge in [0.2, 0.25) is 0 Å². The summed E-state index contributed by atoms with van der Waals surface area (Å²) >= 11 is 0. The second-order valence-corrected chi connectivity index (χ2v) is 6.98. The highest BCUT2D eigenvalue weighted by Gasteiger charge is 2.43. The highest BCUT2D eigenvalue weighted by molar-refractivity contribution is 6.22.